The largest absolute Gasteiger partial charge is 0.0839 e. The lowest BCUT2D eigenvalue weighted by atomic mass is 9.80. The molecule has 0 aromatic heterocycles. The molecular weight excluding hydrogens is 120 g/mol. The highest BCUT2D eigenvalue weighted by molar-refractivity contribution is 5.21. The van der Waals surface area contributed by atoms with Crippen LogP contribution >= 0.6 is 0 Å². The monoisotopic (exact) mass is 144 g/mol. The standard InChI is InChI=1S/C10H14/c1-2-6-10-8-4-3-7-9(10)5-1/h1-2,5,10H,3-4,6-8H2/i3D2,4D2,6D,7D2,8D2,10D. The molecule has 2 unspecified atom stereocenters. The first-order valence-corrected chi connectivity index (χ1v) is 3.08. The highest BCUT2D eigenvalue weighted by atomic mass is 14.2. The fraction of sp³-hybridized carbons (Fsp3) is 0.600. The summed E-state index contributed by atoms with van der Waals surface area (Å²) in [4.78, 5) is 0. The van der Waals surface area contributed by atoms with E-state index < -0.39 is 43.4 Å². The maximum Gasteiger partial charge on any atom is 0.0352 e. The Hall–Kier alpha value is -0.520. The number of rotatable bonds is 0. The molecule has 0 nitrogen and oxygen atoms in total. The van der Waals surface area contributed by atoms with Crippen LogP contribution in [0.25, 0.3) is 0 Å². The summed E-state index contributed by atoms with van der Waals surface area (Å²) < 4.78 is 78.6. The molecule has 2 aliphatic carbocycles. The molecule has 0 aliphatic heterocycles. The second kappa shape index (κ2) is 2.61. The van der Waals surface area contributed by atoms with Gasteiger partial charge < -0.3 is 0 Å². The van der Waals surface area contributed by atoms with Crippen molar-refractivity contribution >= 4 is 0 Å². The maximum atomic E-state index is 8.25. The summed E-state index contributed by atoms with van der Waals surface area (Å²) in [6.07, 6.45) is -10.3. The van der Waals surface area contributed by atoms with E-state index >= 15 is 0 Å². The number of hydrogen-bond donors (Lipinski definition) is 0. The van der Waals surface area contributed by atoms with Crippen molar-refractivity contribution in [1.82, 2.24) is 0 Å². The van der Waals surface area contributed by atoms with Crippen LogP contribution in [0, 0.1) is 5.89 Å². The Bertz CT molecular complexity index is 502. The van der Waals surface area contributed by atoms with Gasteiger partial charge in [-0.1, -0.05) is 30.2 Å². The van der Waals surface area contributed by atoms with Crippen LogP contribution in [0.2, 0.25) is 0 Å². The van der Waals surface area contributed by atoms with Crippen molar-refractivity contribution in [3.63, 3.8) is 0 Å². The zero-order chi connectivity index (χ0) is 15.8. The summed E-state index contributed by atoms with van der Waals surface area (Å²) >= 11 is 0. The zero-order valence-electron chi connectivity index (χ0n) is 15.3. The summed E-state index contributed by atoms with van der Waals surface area (Å²) in [5.41, 5.74) is -0.530. The lowest BCUT2D eigenvalue weighted by Crippen LogP contribution is -2.10. The number of fused-ring (bicyclic) bond motifs is 1. The normalized spacial score (nSPS) is 80.8. The van der Waals surface area contributed by atoms with Gasteiger partial charge in [0, 0.05) is 13.7 Å². The summed E-state index contributed by atoms with van der Waals surface area (Å²) in [5, 5.41) is 0. The average Bonchev–Trinajstić information content (AvgIpc) is 2.30. The summed E-state index contributed by atoms with van der Waals surface area (Å²) in [7, 11) is 0. The van der Waals surface area contributed by atoms with Crippen LogP contribution in [-0.4, -0.2) is 0 Å². The highest BCUT2D eigenvalue weighted by Gasteiger charge is 2.18. The van der Waals surface area contributed by atoms with E-state index in [9.17, 15) is 0 Å². The first-order valence-electron chi connectivity index (χ1n) is 8.15. The molecular formula is C10H14. The van der Waals surface area contributed by atoms with Gasteiger partial charge in [0.2, 0.25) is 0 Å². The van der Waals surface area contributed by atoms with Crippen molar-refractivity contribution in [2.75, 3.05) is 0 Å². The zero-order valence-corrected chi connectivity index (χ0v) is 5.31. The Balaban J connectivity index is 2.84. The van der Waals surface area contributed by atoms with E-state index in [0.717, 1.165) is 6.08 Å². The van der Waals surface area contributed by atoms with Gasteiger partial charge in [-0.25, -0.2) is 0 Å². The minimum Gasteiger partial charge on any atom is -0.0839 e. The molecule has 0 bridgehead atoms. The fourth-order valence-corrected chi connectivity index (χ4v) is 0.898. The van der Waals surface area contributed by atoms with Crippen LogP contribution in [0.15, 0.2) is 23.8 Å². The predicted molar refractivity (Wildman–Crippen MR) is 43.8 cm³/mol. The van der Waals surface area contributed by atoms with Crippen molar-refractivity contribution in [3.8, 4) is 0 Å². The van der Waals surface area contributed by atoms with Gasteiger partial charge in [-0.3, -0.25) is 0 Å². The quantitative estimate of drug-likeness (QED) is 0.490. The maximum absolute atomic E-state index is 8.25. The van der Waals surface area contributed by atoms with Gasteiger partial charge >= 0.3 is 0 Å². The molecule has 1 fully saturated rings. The van der Waals surface area contributed by atoms with Gasteiger partial charge in [-0.15, -0.1) is 0 Å². The second-order valence-corrected chi connectivity index (χ2v) is 2.05. The fourth-order valence-electron chi connectivity index (χ4n) is 0.898. The molecule has 0 amide bonds. The lowest BCUT2D eigenvalue weighted by molar-refractivity contribution is 0.453. The molecule has 0 radical (unpaired) electrons. The molecule has 0 aromatic rings. The molecule has 1 saturated carbocycles. The minimum atomic E-state index is -3.26. The van der Waals surface area contributed by atoms with E-state index in [1.165, 1.54) is 12.2 Å². The van der Waals surface area contributed by atoms with Gasteiger partial charge in [0.15, 0.2) is 0 Å². The van der Waals surface area contributed by atoms with E-state index in [2.05, 4.69) is 0 Å². The third kappa shape index (κ3) is 1.03. The molecule has 0 aromatic carbocycles. The van der Waals surface area contributed by atoms with Gasteiger partial charge in [-0.2, -0.15) is 0 Å². The third-order valence-corrected chi connectivity index (χ3v) is 1.38. The Morgan fingerprint density at radius 2 is 2.60 bits per heavy atom. The number of hydrogen-bond acceptors (Lipinski definition) is 0. The summed E-state index contributed by atoms with van der Waals surface area (Å²) in [6, 6.07) is 0. The van der Waals surface area contributed by atoms with Crippen molar-refractivity contribution in [2.45, 2.75) is 31.9 Å². The van der Waals surface area contributed by atoms with Crippen LogP contribution in [0.1, 0.15) is 45.6 Å². The number of allylic oxidation sites excluding steroid dienone is 4. The van der Waals surface area contributed by atoms with Gasteiger partial charge in [0.1, 0.15) is 0 Å². The van der Waals surface area contributed by atoms with E-state index in [-0.39, 0.29) is 0 Å². The first-order chi connectivity index (χ1) is 8.76. The van der Waals surface area contributed by atoms with Gasteiger partial charge in [0.05, 0.1) is 0 Å². The van der Waals surface area contributed by atoms with Crippen LogP contribution in [0.3, 0.4) is 0 Å². The molecule has 2 aliphatic rings. The smallest absolute Gasteiger partial charge is 0.0352 e. The topological polar surface area (TPSA) is 0 Å². The summed E-state index contributed by atoms with van der Waals surface area (Å²) in [5.74, 6) is -2.51. The molecule has 54 valence electrons. The molecule has 2 rings (SSSR count). The first kappa shape index (κ1) is 1.63. The second-order valence-electron chi connectivity index (χ2n) is 2.05. The molecule has 10 heavy (non-hydrogen) atoms. The van der Waals surface area contributed by atoms with Crippen molar-refractivity contribution in [1.29, 1.82) is 0 Å². The van der Waals surface area contributed by atoms with Crippen LogP contribution in [0.5, 0.6) is 0 Å². The van der Waals surface area contributed by atoms with E-state index in [4.69, 9.17) is 13.7 Å². The highest BCUT2D eigenvalue weighted by Crippen LogP contribution is 2.33. The van der Waals surface area contributed by atoms with E-state index in [1.807, 2.05) is 0 Å². The molecule has 2 atom stereocenters. The van der Waals surface area contributed by atoms with Crippen LogP contribution in [-0.2, 0) is 0 Å². The predicted octanol–water partition coefficient (Wildman–Crippen LogP) is 3.06. The van der Waals surface area contributed by atoms with Gasteiger partial charge in [0.25, 0.3) is 0 Å². The Kier molecular flexibility index (Phi) is 0.424. The van der Waals surface area contributed by atoms with Crippen molar-refractivity contribution in [3.05, 3.63) is 23.8 Å². The Morgan fingerprint density at radius 1 is 1.60 bits per heavy atom. The average molecular weight is 144 g/mol. The SMILES string of the molecule is [2H]C1C=CC=C2C([2H])([2H])C([2H])([2H])C([2H])([2H])C([2H])([2H])C21[2H]. The molecule has 0 N–H and O–H groups in total. The van der Waals surface area contributed by atoms with Crippen LogP contribution < -0.4 is 0 Å². The molecule has 0 spiro atoms. The Morgan fingerprint density at radius 3 is 3.60 bits per heavy atom. The molecule has 0 heteroatoms. The minimum absolute atomic E-state index is 0.530. The van der Waals surface area contributed by atoms with Crippen LogP contribution in [0.4, 0.5) is 0 Å². The van der Waals surface area contributed by atoms with Gasteiger partial charge in [-0.05, 0) is 31.4 Å². The van der Waals surface area contributed by atoms with E-state index in [1.54, 1.807) is 0 Å². The van der Waals surface area contributed by atoms with Crippen molar-refractivity contribution in [2.24, 2.45) is 5.89 Å². The lowest BCUT2D eigenvalue weighted by Gasteiger charge is -2.25. The Labute approximate surface area is 76.7 Å². The molecule has 0 heterocycles. The summed E-state index contributed by atoms with van der Waals surface area (Å²) in [6.45, 7) is 0. The van der Waals surface area contributed by atoms with Crippen molar-refractivity contribution < 1.29 is 13.7 Å². The third-order valence-electron chi connectivity index (χ3n) is 1.38. The molecule has 0 saturated heterocycles. The van der Waals surface area contributed by atoms with E-state index in [0.29, 0.717) is 0 Å².